The van der Waals surface area contributed by atoms with Crippen molar-refractivity contribution in [3.05, 3.63) is 75.3 Å². The predicted molar refractivity (Wildman–Crippen MR) is 138 cm³/mol. The lowest BCUT2D eigenvalue weighted by Crippen LogP contribution is -2.49. The molecule has 10 nitrogen and oxygen atoms in total. The number of benzene rings is 2. The summed E-state index contributed by atoms with van der Waals surface area (Å²) in [4.78, 5) is 21.0. The molecule has 1 atom stereocenters. The number of pyridine rings is 1. The molecule has 0 amide bonds. The zero-order valence-electron chi connectivity index (χ0n) is 20.2. The summed E-state index contributed by atoms with van der Waals surface area (Å²) in [7, 11) is 3.26. The lowest BCUT2D eigenvalue weighted by molar-refractivity contribution is 0.171. The monoisotopic (exact) mass is 509 g/mol. The van der Waals surface area contributed by atoms with E-state index in [-0.39, 0.29) is 5.56 Å². The second-order valence-corrected chi connectivity index (χ2v) is 9.10. The molecule has 11 heteroatoms. The number of ether oxygens (including phenoxy) is 2. The van der Waals surface area contributed by atoms with E-state index in [1.165, 1.54) is 0 Å². The third kappa shape index (κ3) is 4.92. The van der Waals surface area contributed by atoms with Gasteiger partial charge in [-0.3, -0.25) is 9.69 Å². The Labute approximate surface area is 213 Å². The van der Waals surface area contributed by atoms with Gasteiger partial charge in [0, 0.05) is 60.5 Å². The molecule has 1 saturated heterocycles. The van der Waals surface area contributed by atoms with E-state index in [1.54, 1.807) is 18.9 Å². The molecule has 0 radical (unpaired) electrons. The number of rotatable bonds is 8. The molecule has 3 heterocycles. The van der Waals surface area contributed by atoms with Crippen LogP contribution in [0.4, 0.5) is 5.69 Å². The van der Waals surface area contributed by atoms with Crippen LogP contribution in [0.3, 0.4) is 0 Å². The summed E-state index contributed by atoms with van der Waals surface area (Å²) in [5.41, 5.74) is 2.24. The second kappa shape index (κ2) is 10.7. The van der Waals surface area contributed by atoms with Crippen LogP contribution < -0.4 is 15.2 Å². The van der Waals surface area contributed by atoms with Crippen molar-refractivity contribution >= 4 is 28.2 Å². The van der Waals surface area contributed by atoms with Crippen LogP contribution in [0.25, 0.3) is 10.9 Å². The first-order valence-corrected chi connectivity index (χ1v) is 12.2. The first-order chi connectivity index (χ1) is 17.6. The molecule has 0 unspecified atom stereocenters. The molecule has 0 saturated carbocycles. The van der Waals surface area contributed by atoms with Crippen LogP contribution in [-0.2, 0) is 11.3 Å². The molecule has 1 N–H and O–H groups in total. The van der Waals surface area contributed by atoms with Crippen LogP contribution in [0.5, 0.6) is 5.75 Å². The van der Waals surface area contributed by atoms with Crippen molar-refractivity contribution in [2.24, 2.45) is 0 Å². The van der Waals surface area contributed by atoms with E-state index < -0.39 is 6.04 Å². The van der Waals surface area contributed by atoms with E-state index in [2.05, 4.69) is 36.4 Å². The van der Waals surface area contributed by atoms with Gasteiger partial charge >= 0.3 is 0 Å². The van der Waals surface area contributed by atoms with Crippen LogP contribution >= 0.6 is 11.6 Å². The Kier molecular flexibility index (Phi) is 7.17. The molecule has 4 aromatic rings. The van der Waals surface area contributed by atoms with Crippen molar-refractivity contribution in [1.29, 1.82) is 0 Å². The number of fused-ring (bicyclic) bond motifs is 1. The number of H-pyrrole nitrogens is 1. The van der Waals surface area contributed by atoms with Gasteiger partial charge in [0.1, 0.15) is 11.8 Å². The summed E-state index contributed by atoms with van der Waals surface area (Å²) in [6.45, 7) is 3.91. The van der Waals surface area contributed by atoms with E-state index in [0.717, 1.165) is 35.4 Å². The van der Waals surface area contributed by atoms with Gasteiger partial charge in [-0.15, -0.1) is 5.10 Å². The first-order valence-electron chi connectivity index (χ1n) is 11.8. The minimum atomic E-state index is -0.433. The second-order valence-electron chi connectivity index (χ2n) is 8.67. The number of aromatic amines is 1. The lowest BCUT2D eigenvalue weighted by atomic mass is 10.0. The van der Waals surface area contributed by atoms with E-state index >= 15 is 0 Å². The molecule has 5 rings (SSSR count). The highest BCUT2D eigenvalue weighted by Gasteiger charge is 2.32. The number of hydrogen-bond acceptors (Lipinski definition) is 8. The van der Waals surface area contributed by atoms with Gasteiger partial charge in [-0.25, -0.2) is 4.68 Å². The summed E-state index contributed by atoms with van der Waals surface area (Å²) in [6, 6.07) is 14.9. The molecule has 36 heavy (non-hydrogen) atoms. The Bertz CT molecular complexity index is 1400. The maximum absolute atomic E-state index is 13.4. The van der Waals surface area contributed by atoms with E-state index in [1.807, 2.05) is 42.5 Å². The highest BCUT2D eigenvalue weighted by Crippen LogP contribution is 2.30. The largest absolute Gasteiger partial charge is 0.497 e. The van der Waals surface area contributed by atoms with E-state index in [9.17, 15) is 4.79 Å². The molecule has 0 spiro atoms. The van der Waals surface area contributed by atoms with Gasteiger partial charge in [0.25, 0.3) is 5.56 Å². The molecule has 1 aliphatic heterocycles. The topological polar surface area (TPSA) is 101 Å². The lowest BCUT2D eigenvalue weighted by Gasteiger charge is -2.39. The van der Waals surface area contributed by atoms with Crippen molar-refractivity contribution in [2.45, 2.75) is 12.6 Å². The molecule has 2 aromatic carbocycles. The molecule has 2 aromatic heterocycles. The number of aromatic nitrogens is 5. The number of tetrazole rings is 1. The van der Waals surface area contributed by atoms with Gasteiger partial charge in [-0.05, 0) is 52.9 Å². The van der Waals surface area contributed by atoms with Crippen LogP contribution in [0.1, 0.15) is 17.4 Å². The third-order valence-electron chi connectivity index (χ3n) is 6.54. The molecule has 1 aliphatic rings. The normalized spacial score (nSPS) is 15.4. The Balaban J connectivity index is 1.52. The number of anilines is 1. The third-order valence-corrected chi connectivity index (χ3v) is 6.77. The predicted octanol–water partition coefficient (Wildman–Crippen LogP) is 2.73. The van der Waals surface area contributed by atoms with E-state index in [0.29, 0.717) is 42.7 Å². The van der Waals surface area contributed by atoms with Gasteiger partial charge in [0.05, 0.1) is 20.3 Å². The minimum Gasteiger partial charge on any atom is -0.497 e. The number of nitrogens with zero attached hydrogens (tertiary/aromatic N) is 6. The Morgan fingerprint density at radius 2 is 1.92 bits per heavy atom. The van der Waals surface area contributed by atoms with Crippen LogP contribution in [-0.4, -0.2) is 77.1 Å². The summed E-state index contributed by atoms with van der Waals surface area (Å²) in [6.07, 6.45) is 0. The highest BCUT2D eigenvalue weighted by atomic mass is 35.5. The quantitative estimate of drug-likeness (QED) is 0.387. The van der Waals surface area contributed by atoms with Gasteiger partial charge in [-0.2, -0.15) is 0 Å². The molecule has 1 fully saturated rings. The number of methoxy groups -OCH3 is 2. The van der Waals surface area contributed by atoms with E-state index in [4.69, 9.17) is 21.1 Å². The van der Waals surface area contributed by atoms with Crippen LogP contribution in [0.15, 0.2) is 53.3 Å². The van der Waals surface area contributed by atoms with Gasteiger partial charge in [0.2, 0.25) is 0 Å². The first kappa shape index (κ1) is 24.2. The molecular formula is C25H28ClN7O3. The molecular weight excluding hydrogens is 482 g/mol. The summed E-state index contributed by atoms with van der Waals surface area (Å²) in [5, 5.41) is 14.1. The minimum absolute atomic E-state index is 0.170. The zero-order chi connectivity index (χ0) is 25.1. The fraction of sp³-hybridized carbons (Fsp3) is 0.360. The van der Waals surface area contributed by atoms with Crippen molar-refractivity contribution in [3.8, 4) is 5.75 Å². The number of hydrogen-bond donors (Lipinski definition) is 1. The Morgan fingerprint density at radius 1 is 1.08 bits per heavy atom. The standard InChI is InChI=1S/C25H28ClN7O3/c1-35-13-12-33-24(28-29-30-33)23(21-15-17-14-20(36-2)6-7-22(17)27-25(21)34)32-10-8-31(9-11-32)19-5-3-4-18(26)16-19/h3-7,14-16,23H,8-13H2,1-2H3,(H,27,34)/t23-/m1/s1. The summed E-state index contributed by atoms with van der Waals surface area (Å²) >= 11 is 6.22. The average molecular weight is 510 g/mol. The van der Waals surface area contributed by atoms with Gasteiger partial charge in [0.15, 0.2) is 5.82 Å². The summed E-state index contributed by atoms with van der Waals surface area (Å²) < 4.78 is 12.4. The molecule has 0 aliphatic carbocycles. The smallest absolute Gasteiger partial charge is 0.253 e. The van der Waals surface area contributed by atoms with Crippen molar-refractivity contribution in [3.63, 3.8) is 0 Å². The molecule has 0 bridgehead atoms. The number of halogens is 1. The van der Waals surface area contributed by atoms with Crippen molar-refractivity contribution < 1.29 is 9.47 Å². The SMILES string of the molecule is COCCn1nnnc1[C@@H](c1cc2cc(OC)ccc2[nH]c1=O)N1CCN(c2cccc(Cl)c2)CC1. The van der Waals surface area contributed by atoms with Gasteiger partial charge < -0.3 is 19.4 Å². The Morgan fingerprint density at radius 3 is 2.67 bits per heavy atom. The van der Waals surface area contributed by atoms with Crippen molar-refractivity contribution in [1.82, 2.24) is 30.1 Å². The number of piperazine rings is 1. The van der Waals surface area contributed by atoms with Gasteiger partial charge in [-0.1, -0.05) is 17.7 Å². The van der Waals surface area contributed by atoms with Crippen molar-refractivity contribution in [2.75, 3.05) is 51.9 Å². The summed E-state index contributed by atoms with van der Waals surface area (Å²) in [5.74, 6) is 1.33. The Hall–Kier alpha value is -3.47. The highest BCUT2D eigenvalue weighted by molar-refractivity contribution is 6.30. The van der Waals surface area contributed by atoms with Crippen LogP contribution in [0.2, 0.25) is 5.02 Å². The zero-order valence-corrected chi connectivity index (χ0v) is 21.0. The van der Waals surface area contributed by atoms with Crippen LogP contribution in [0, 0.1) is 0 Å². The molecule has 188 valence electrons. The number of nitrogens with one attached hydrogen (secondary N) is 1. The fourth-order valence-corrected chi connectivity index (χ4v) is 4.87. The average Bonchev–Trinajstić information content (AvgIpc) is 3.36. The fourth-order valence-electron chi connectivity index (χ4n) is 4.69. The maximum atomic E-state index is 13.4. The maximum Gasteiger partial charge on any atom is 0.253 e.